The molecule has 9 heteroatoms. The summed E-state index contributed by atoms with van der Waals surface area (Å²) in [6.07, 6.45) is 5.43. The summed E-state index contributed by atoms with van der Waals surface area (Å²) in [5.41, 5.74) is 2.16. The second-order valence-electron chi connectivity index (χ2n) is 7.61. The lowest BCUT2D eigenvalue weighted by atomic mass is 10.2. The Balaban J connectivity index is 1.28. The number of carbonyl (C=O) groups excluding carboxylic acids is 2. The molecule has 3 aromatic rings. The van der Waals surface area contributed by atoms with Gasteiger partial charge in [-0.1, -0.05) is 41.9 Å². The molecule has 1 aromatic carbocycles. The van der Waals surface area contributed by atoms with Crippen LogP contribution in [0.25, 0.3) is 0 Å². The van der Waals surface area contributed by atoms with Gasteiger partial charge in [-0.05, 0) is 11.6 Å². The quantitative estimate of drug-likeness (QED) is 0.533. The molecule has 33 heavy (non-hydrogen) atoms. The Kier molecular flexibility index (Phi) is 7.47. The van der Waals surface area contributed by atoms with Gasteiger partial charge in [0.2, 0.25) is 11.8 Å². The van der Waals surface area contributed by atoms with E-state index in [1.165, 1.54) is 18.0 Å². The molecule has 0 saturated carbocycles. The number of carbonyl (C=O) groups is 2. The Morgan fingerprint density at radius 3 is 2.39 bits per heavy atom. The second kappa shape index (κ2) is 10.9. The maximum atomic E-state index is 13.0. The van der Waals surface area contributed by atoms with Crippen LogP contribution in [0.2, 0.25) is 5.15 Å². The number of pyridine rings is 1. The molecule has 2 amide bonds. The number of halogens is 1. The molecule has 1 aliphatic heterocycles. The van der Waals surface area contributed by atoms with E-state index >= 15 is 0 Å². The molecular weight excluding hydrogens is 442 g/mol. The van der Waals surface area contributed by atoms with Crippen LogP contribution in [-0.2, 0) is 17.6 Å². The monoisotopic (exact) mass is 465 g/mol. The third-order valence-corrected chi connectivity index (χ3v) is 5.74. The third kappa shape index (κ3) is 6.04. The van der Waals surface area contributed by atoms with Gasteiger partial charge in [-0.3, -0.25) is 14.6 Å². The second-order valence-corrected chi connectivity index (χ2v) is 7.97. The number of nitrogens with zero attached hydrogens (tertiary/aromatic N) is 5. The Bertz CT molecular complexity index is 1100. The number of piperazine rings is 1. The number of hydrogen-bond donors (Lipinski definition) is 0. The first-order chi connectivity index (χ1) is 16.1. The van der Waals surface area contributed by atoms with E-state index in [0.717, 1.165) is 6.42 Å². The predicted octanol–water partition coefficient (Wildman–Crippen LogP) is 2.67. The van der Waals surface area contributed by atoms with Crippen LogP contribution in [-0.4, -0.2) is 69.4 Å². The molecule has 2 aromatic heterocycles. The standard InChI is InChI=1S/C24H24ClN5O3/c25-23-20(26-9-10-28-23)17-22(31)29-11-13-30(14-12-29)24(32)19-6-8-27-21(16-19)33-15-7-18-4-2-1-3-5-18/h1-6,8-10,16H,7,11-15,17H2. The molecule has 1 fully saturated rings. The van der Waals surface area contributed by atoms with Crippen molar-refractivity contribution < 1.29 is 14.3 Å². The Morgan fingerprint density at radius 2 is 1.64 bits per heavy atom. The summed E-state index contributed by atoms with van der Waals surface area (Å²) in [6.45, 7) is 2.28. The predicted molar refractivity (Wildman–Crippen MR) is 123 cm³/mol. The molecule has 0 bridgehead atoms. The van der Waals surface area contributed by atoms with Crippen LogP contribution in [0.4, 0.5) is 0 Å². The Labute approximate surface area is 197 Å². The molecule has 1 aliphatic rings. The zero-order valence-electron chi connectivity index (χ0n) is 18.1. The highest BCUT2D eigenvalue weighted by molar-refractivity contribution is 6.30. The molecule has 4 rings (SSSR count). The van der Waals surface area contributed by atoms with Crippen LogP contribution in [0, 0.1) is 0 Å². The van der Waals surface area contributed by atoms with Crippen molar-refractivity contribution in [3.8, 4) is 5.88 Å². The lowest BCUT2D eigenvalue weighted by molar-refractivity contribution is -0.132. The number of aromatic nitrogens is 3. The Morgan fingerprint density at radius 1 is 0.909 bits per heavy atom. The van der Waals surface area contributed by atoms with Gasteiger partial charge < -0.3 is 14.5 Å². The van der Waals surface area contributed by atoms with Gasteiger partial charge in [-0.15, -0.1) is 0 Å². The van der Waals surface area contributed by atoms with E-state index in [9.17, 15) is 9.59 Å². The van der Waals surface area contributed by atoms with Crippen LogP contribution in [0.15, 0.2) is 61.1 Å². The highest BCUT2D eigenvalue weighted by Crippen LogP contribution is 2.15. The third-order valence-electron chi connectivity index (χ3n) is 5.43. The van der Waals surface area contributed by atoms with Crippen molar-refractivity contribution in [2.45, 2.75) is 12.8 Å². The van der Waals surface area contributed by atoms with Crippen LogP contribution in [0.1, 0.15) is 21.6 Å². The summed E-state index contributed by atoms with van der Waals surface area (Å²) in [5.74, 6) is 0.239. The maximum Gasteiger partial charge on any atom is 0.254 e. The lowest BCUT2D eigenvalue weighted by Crippen LogP contribution is -2.51. The van der Waals surface area contributed by atoms with Crippen LogP contribution >= 0.6 is 11.6 Å². The van der Waals surface area contributed by atoms with Crippen LogP contribution in [0.3, 0.4) is 0 Å². The van der Waals surface area contributed by atoms with Gasteiger partial charge in [-0.2, -0.15) is 0 Å². The van der Waals surface area contributed by atoms with E-state index in [-0.39, 0.29) is 23.4 Å². The molecule has 0 atom stereocenters. The van der Waals surface area contributed by atoms with Crippen LogP contribution in [0.5, 0.6) is 5.88 Å². The number of rotatable bonds is 7. The molecule has 0 unspecified atom stereocenters. The SMILES string of the molecule is O=C(Cc1nccnc1Cl)N1CCN(C(=O)c2ccnc(OCCc3ccccc3)c2)CC1. The zero-order chi connectivity index (χ0) is 23.0. The van der Waals surface area contributed by atoms with Gasteiger partial charge >= 0.3 is 0 Å². The topological polar surface area (TPSA) is 88.5 Å². The number of amides is 2. The van der Waals surface area contributed by atoms with Crippen LogP contribution < -0.4 is 4.74 Å². The molecule has 1 saturated heterocycles. The molecule has 0 aliphatic carbocycles. The van der Waals surface area contributed by atoms with Crippen molar-refractivity contribution in [3.05, 3.63) is 83.0 Å². The van der Waals surface area contributed by atoms with Gasteiger partial charge in [0.05, 0.1) is 18.7 Å². The molecule has 0 radical (unpaired) electrons. The zero-order valence-corrected chi connectivity index (χ0v) is 18.8. The first-order valence-corrected chi connectivity index (χ1v) is 11.1. The fourth-order valence-corrected chi connectivity index (χ4v) is 3.78. The molecule has 8 nitrogen and oxygen atoms in total. The van der Waals surface area contributed by atoms with E-state index in [4.69, 9.17) is 16.3 Å². The van der Waals surface area contributed by atoms with E-state index in [0.29, 0.717) is 49.9 Å². The summed E-state index contributed by atoms with van der Waals surface area (Å²) in [6, 6.07) is 13.4. The lowest BCUT2D eigenvalue weighted by Gasteiger charge is -2.34. The average Bonchev–Trinajstić information content (AvgIpc) is 2.86. The largest absolute Gasteiger partial charge is 0.477 e. The van der Waals surface area contributed by atoms with E-state index in [1.807, 2.05) is 30.3 Å². The van der Waals surface area contributed by atoms with Gasteiger partial charge in [0.1, 0.15) is 0 Å². The van der Waals surface area contributed by atoms with Gasteiger partial charge in [0.25, 0.3) is 5.91 Å². The first-order valence-electron chi connectivity index (χ1n) is 10.8. The molecule has 3 heterocycles. The van der Waals surface area contributed by atoms with Crippen molar-refractivity contribution in [3.63, 3.8) is 0 Å². The summed E-state index contributed by atoms with van der Waals surface area (Å²) in [4.78, 5) is 41.3. The normalized spacial score (nSPS) is 13.6. The number of ether oxygens (including phenoxy) is 1. The minimum atomic E-state index is -0.102. The smallest absolute Gasteiger partial charge is 0.254 e. The fourth-order valence-electron chi connectivity index (χ4n) is 3.60. The van der Waals surface area contributed by atoms with E-state index < -0.39 is 0 Å². The molecular formula is C24H24ClN5O3. The maximum absolute atomic E-state index is 13.0. The van der Waals surface area contributed by atoms with Gasteiger partial charge in [-0.25, -0.2) is 9.97 Å². The van der Waals surface area contributed by atoms with Crippen molar-refractivity contribution in [1.29, 1.82) is 0 Å². The molecule has 170 valence electrons. The average molecular weight is 466 g/mol. The molecule has 0 N–H and O–H groups in total. The first kappa shape index (κ1) is 22.7. The Hall–Kier alpha value is -3.52. The van der Waals surface area contributed by atoms with Crippen molar-refractivity contribution in [2.24, 2.45) is 0 Å². The van der Waals surface area contributed by atoms with Gasteiger partial charge in [0.15, 0.2) is 5.15 Å². The summed E-state index contributed by atoms with van der Waals surface area (Å²) in [7, 11) is 0. The number of benzene rings is 1. The highest BCUT2D eigenvalue weighted by Gasteiger charge is 2.26. The van der Waals surface area contributed by atoms with Crippen molar-refractivity contribution in [1.82, 2.24) is 24.8 Å². The summed E-state index contributed by atoms with van der Waals surface area (Å²) >= 11 is 6.00. The van der Waals surface area contributed by atoms with Crippen molar-refractivity contribution in [2.75, 3.05) is 32.8 Å². The fraction of sp³-hybridized carbons (Fsp3) is 0.292. The number of hydrogen-bond acceptors (Lipinski definition) is 6. The minimum absolute atomic E-state index is 0.0810. The highest BCUT2D eigenvalue weighted by atomic mass is 35.5. The van der Waals surface area contributed by atoms with Gasteiger partial charge in [0, 0.05) is 62.8 Å². The molecule has 0 spiro atoms. The van der Waals surface area contributed by atoms with Crippen molar-refractivity contribution >= 4 is 23.4 Å². The summed E-state index contributed by atoms with van der Waals surface area (Å²) in [5, 5.41) is 0.235. The minimum Gasteiger partial charge on any atom is -0.477 e. The van der Waals surface area contributed by atoms with E-state index in [2.05, 4.69) is 15.0 Å². The summed E-state index contributed by atoms with van der Waals surface area (Å²) < 4.78 is 5.75. The van der Waals surface area contributed by atoms with E-state index in [1.54, 1.807) is 28.1 Å².